The number of nitrogens with one attached hydrogen (secondary N) is 1. The summed E-state index contributed by atoms with van der Waals surface area (Å²) >= 11 is 1.75. The lowest BCUT2D eigenvalue weighted by Gasteiger charge is -2.38. The van der Waals surface area contributed by atoms with Crippen LogP contribution in [0.2, 0.25) is 0 Å². The fourth-order valence-corrected chi connectivity index (χ4v) is 3.24. The Labute approximate surface area is 105 Å². The average molecular weight is 248 g/mol. The molecule has 1 aliphatic rings. The largest absolute Gasteiger partial charge is 0.350 e. The van der Waals surface area contributed by atoms with Crippen LogP contribution in [0.5, 0.6) is 0 Å². The van der Waals surface area contributed by atoms with Crippen LogP contribution in [-0.4, -0.2) is 35.6 Å². The van der Waals surface area contributed by atoms with Gasteiger partial charge in [0.2, 0.25) is 0 Å². The summed E-state index contributed by atoms with van der Waals surface area (Å²) in [6.07, 6.45) is 1.69. The number of anilines is 1. The number of aromatic nitrogens is 2. The molecule has 2 aromatic heterocycles. The van der Waals surface area contributed by atoms with E-state index in [4.69, 9.17) is 0 Å². The Balaban J connectivity index is 2.08. The van der Waals surface area contributed by atoms with E-state index in [0.717, 1.165) is 31.0 Å². The topological polar surface area (TPSA) is 41.1 Å². The highest BCUT2D eigenvalue weighted by Crippen LogP contribution is 2.31. The van der Waals surface area contributed by atoms with Gasteiger partial charge in [0.1, 0.15) is 12.1 Å². The first-order chi connectivity index (χ1) is 8.31. The summed E-state index contributed by atoms with van der Waals surface area (Å²) in [7, 11) is 0. The van der Waals surface area contributed by atoms with Crippen molar-refractivity contribution in [2.24, 2.45) is 0 Å². The summed E-state index contributed by atoms with van der Waals surface area (Å²) in [5.41, 5.74) is 2.35. The van der Waals surface area contributed by atoms with Gasteiger partial charge in [-0.15, -0.1) is 11.3 Å². The van der Waals surface area contributed by atoms with E-state index in [1.807, 2.05) is 0 Å². The van der Waals surface area contributed by atoms with Gasteiger partial charge in [0, 0.05) is 19.6 Å². The standard InChI is InChI=1S/C12H16N4S/c1-3-16(9-4-13-5-9)12-11-10(14-7-15-12)8(2)6-17-11/h6-7,9,13H,3-5H2,1-2H3. The molecule has 0 amide bonds. The molecule has 3 heterocycles. The number of rotatable bonds is 3. The van der Waals surface area contributed by atoms with Crippen LogP contribution in [0.3, 0.4) is 0 Å². The minimum Gasteiger partial charge on any atom is -0.350 e. The van der Waals surface area contributed by atoms with Gasteiger partial charge in [0.25, 0.3) is 0 Å². The maximum Gasteiger partial charge on any atom is 0.150 e. The highest BCUT2D eigenvalue weighted by atomic mass is 32.1. The molecule has 2 aromatic rings. The zero-order chi connectivity index (χ0) is 11.8. The summed E-state index contributed by atoms with van der Waals surface area (Å²) in [6.45, 7) is 7.41. The van der Waals surface area contributed by atoms with E-state index in [1.54, 1.807) is 17.7 Å². The van der Waals surface area contributed by atoms with Gasteiger partial charge in [0.05, 0.1) is 16.3 Å². The molecule has 1 aliphatic heterocycles. The Hall–Kier alpha value is -1.20. The second kappa shape index (κ2) is 4.23. The highest BCUT2D eigenvalue weighted by molar-refractivity contribution is 7.18. The zero-order valence-electron chi connectivity index (χ0n) is 10.1. The van der Waals surface area contributed by atoms with Crippen LogP contribution in [0.1, 0.15) is 12.5 Å². The lowest BCUT2D eigenvalue weighted by molar-refractivity contribution is 0.416. The van der Waals surface area contributed by atoms with Gasteiger partial charge in [-0.1, -0.05) is 0 Å². The van der Waals surface area contributed by atoms with E-state index in [-0.39, 0.29) is 0 Å². The zero-order valence-corrected chi connectivity index (χ0v) is 10.9. The quantitative estimate of drug-likeness (QED) is 0.899. The summed E-state index contributed by atoms with van der Waals surface area (Å²) < 4.78 is 1.22. The van der Waals surface area contributed by atoms with Crippen LogP contribution < -0.4 is 10.2 Å². The lowest BCUT2D eigenvalue weighted by Crippen LogP contribution is -2.57. The third-order valence-electron chi connectivity index (χ3n) is 3.33. The monoisotopic (exact) mass is 248 g/mol. The molecule has 0 unspecified atom stereocenters. The third-order valence-corrected chi connectivity index (χ3v) is 4.41. The molecule has 1 fully saturated rings. The molecular formula is C12H16N4S. The maximum absolute atomic E-state index is 4.49. The van der Waals surface area contributed by atoms with Crippen molar-refractivity contribution in [3.63, 3.8) is 0 Å². The fourth-order valence-electron chi connectivity index (χ4n) is 2.24. The Morgan fingerprint density at radius 2 is 2.29 bits per heavy atom. The normalized spacial score (nSPS) is 16.1. The van der Waals surface area contributed by atoms with Gasteiger partial charge in [-0.3, -0.25) is 0 Å². The van der Waals surface area contributed by atoms with Crippen molar-refractivity contribution < 1.29 is 0 Å². The van der Waals surface area contributed by atoms with Crippen molar-refractivity contribution in [3.05, 3.63) is 17.3 Å². The van der Waals surface area contributed by atoms with Gasteiger partial charge in [-0.05, 0) is 24.8 Å². The number of fused-ring (bicyclic) bond motifs is 1. The molecule has 0 saturated carbocycles. The highest BCUT2D eigenvalue weighted by Gasteiger charge is 2.26. The first kappa shape index (κ1) is 10.9. The smallest absolute Gasteiger partial charge is 0.150 e. The predicted molar refractivity (Wildman–Crippen MR) is 71.8 cm³/mol. The van der Waals surface area contributed by atoms with E-state index in [0.29, 0.717) is 6.04 Å². The van der Waals surface area contributed by atoms with Crippen LogP contribution in [0.4, 0.5) is 5.82 Å². The first-order valence-corrected chi connectivity index (χ1v) is 6.85. The number of likely N-dealkylation sites (N-methyl/N-ethyl adjacent to an activating group) is 1. The molecule has 0 radical (unpaired) electrons. The molecule has 17 heavy (non-hydrogen) atoms. The summed E-state index contributed by atoms with van der Waals surface area (Å²) in [4.78, 5) is 11.3. The molecule has 1 N–H and O–H groups in total. The minimum absolute atomic E-state index is 0.584. The van der Waals surface area contributed by atoms with Crippen LogP contribution in [-0.2, 0) is 0 Å². The van der Waals surface area contributed by atoms with Crippen molar-refractivity contribution in [3.8, 4) is 0 Å². The van der Waals surface area contributed by atoms with E-state index in [2.05, 4.69) is 39.4 Å². The van der Waals surface area contributed by atoms with Crippen molar-refractivity contribution >= 4 is 27.4 Å². The Kier molecular flexibility index (Phi) is 2.72. The Morgan fingerprint density at radius 3 is 2.94 bits per heavy atom. The van der Waals surface area contributed by atoms with E-state index >= 15 is 0 Å². The van der Waals surface area contributed by atoms with E-state index in [9.17, 15) is 0 Å². The molecule has 90 valence electrons. The molecule has 0 atom stereocenters. The Morgan fingerprint density at radius 1 is 1.47 bits per heavy atom. The van der Waals surface area contributed by atoms with Crippen LogP contribution >= 0.6 is 11.3 Å². The molecule has 0 aromatic carbocycles. The number of nitrogens with zero attached hydrogens (tertiary/aromatic N) is 3. The van der Waals surface area contributed by atoms with Crippen LogP contribution in [0, 0.1) is 6.92 Å². The van der Waals surface area contributed by atoms with Gasteiger partial charge < -0.3 is 10.2 Å². The van der Waals surface area contributed by atoms with Gasteiger partial charge in [-0.25, -0.2) is 9.97 Å². The van der Waals surface area contributed by atoms with Crippen molar-refractivity contribution in [1.29, 1.82) is 0 Å². The molecule has 3 rings (SSSR count). The van der Waals surface area contributed by atoms with Crippen LogP contribution in [0.15, 0.2) is 11.7 Å². The second-order valence-electron chi connectivity index (χ2n) is 4.39. The van der Waals surface area contributed by atoms with E-state index in [1.165, 1.54) is 10.3 Å². The van der Waals surface area contributed by atoms with Crippen molar-refractivity contribution in [2.45, 2.75) is 19.9 Å². The van der Waals surface area contributed by atoms with E-state index < -0.39 is 0 Å². The molecule has 5 heteroatoms. The number of aryl methyl sites for hydroxylation is 1. The van der Waals surface area contributed by atoms with Gasteiger partial charge in [-0.2, -0.15) is 0 Å². The molecular weight excluding hydrogens is 232 g/mol. The van der Waals surface area contributed by atoms with Crippen molar-refractivity contribution in [2.75, 3.05) is 24.5 Å². The van der Waals surface area contributed by atoms with Crippen molar-refractivity contribution in [1.82, 2.24) is 15.3 Å². The third kappa shape index (κ3) is 1.70. The summed E-state index contributed by atoms with van der Waals surface area (Å²) in [5.74, 6) is 1.10. The number of hydrogen-bond acceptors (Lipinski definition) is 5. The van der Waals surface area contributed by atoms with Gasteiger partial charge >= 0.3 is 0 Å². The average Bonchev–Trinajstić information content (AvgIpc) is 2.66. The van der Waals surface area contributed by atoms with Gasteiger partial charge in [0.15, 0.2) is 0 Å². The maximum atomic E-state index is 4.49. The SMILES string of the molecule is CCN(c1ncnc2c(C)csc12)C1CNC1. The fraction of sp³-hybridized carbons (Fsp3) is 0.500. The summed E-state index contributed by atoms with van der Waals surface area (Å²) in [5, 5.41) is 5.48. The lowest BCUT2D eigenvalue weighted by atomic mass is 10.1. The Bertz CT molecular complexity index is 532. The predicted octanol–water partition coefficient (Wildman–Crippen LogP) is 1.80. The minimum atomic E-state index is 0.584. The molecule has 1 saturated heterocycles. The number of hydrogen-bond donors (Lipinski definition) is 1. The summed E-state index contributed by atoms with van der Waals surface area (Å²) in [6, 6.07) is 0.584. The first-order valence-electron chi connectivity index (χ1n) is 5.97. The second-order valence-corrected chi connectivity index (χ2v) is 5.27. The number of thiophene rings is 1. The molecule has 0 bridgehead atoms. The van der Waals surface area contributed by atoms with Crippen LogP contribution in [0.25, 0.3) is 10.2 Å². The molecule has 0 spiro atoms. The molecule has 0 aliphatic carbocycles. The molecule has 4 nitrogen and oxygen atoms in total.